The van der Waals surface area contributed by atoms with Crippen LogP contribution in [0.1, 0.15) is 34.2 Å². The standard InChI is InChI=1S/C11H13NO3S/c1-3-6-16-11(14)9-5-4-8(7-12-9)10(13)15-2/h4-5,7H,3,6H2,1-2H3. The van der Waals surface area contributed by atoms with E-state index in [9.17, 15) is 9.59 Å². The molecule has 0 aliphatic heterocycles. The van der Waals surface area contributed by atoms with Crippen molar-refractivity contribution in [3.63, 3.8) is 0 Å². The maximum Gasteiger partial charge on any atom is 0.339 e. The van der Waals surface area contributed by atoms with Crippen molar-refractivity contribution in [2.24, 2.45) is 0 Å². The minimum absolute atomic E-state index is 0.0711. The molecule has 1 rings (SSSR count). The van der Waals surface area contributed by atoms with Gasteiger partial charge in [0.15, 0.2) is 0 Å². The number of carbonyl (C=O) groups excluding carboxylic acids is 2. The Balaban J connectivity index is 2.71. The average molecular weight is 239 g/mol. The third-order valence-corrected chi connectivity index (χ3v) is 2.91. The largest absolute Gasteiger partial charge is 0.465 e. The number of ether oxygens (including phenoxy) is 1. The van der Waals surface area contributed by atoms with Crippen LogP contribution < -0.4 is 0 Å². The molecule has 0 aliphatic carbocycles. The lowest BCUT2D eigenvalue weighted by molar-refractivity contribution is 0.0600. The Bertz CT molecular complexity index is 375. The molecule has 0 unspecified atom stereocenters. The molecule has 0 radical (unpaired) electrons. The summed E-state index contributed by atoms with van der Waals surface area (Å²) in [5.74, 6) is 0.326. The predicted octanol–water partition coefficient (Wildman–Crippen LogP) is 2.15. The lowest BCUT2D eigenvalue weighted by atomic mass is 10.2. The molecule has 0 bridgehead atoms. The highest BCUT2D eigenvalue weighted by Crippen LogP contribution is 2.12. The molecule has 16 heavy (non-hydrogen) atoms. The molecule has 5 heteroatoms. The van der Waals surface area contributed by atoms with Gasteiger partial charge in [-0.2, -0.15) is 0 Å². The van der Waals surface area contributed by atoms with Crippen LogP contribution in [0, 0.1) is 0 Å². The SMILES string of the molecule is CCCSC(=O)c1ccc(C(=O)OC)cn1. The molecular weight excluding hydrogens is 226 g/mol. The molecule has 0 atom stereocenters. The van der Waals surface area contributed by atoms with E-state index >= 15 is 0 Å². The Kier molecular flexibility index (Phi) is 4.98. The number of esters is 1. The normalized spacial score (nSPS) is 9.88. The lowest BCUT2D eigenvalue weighted by Gasteiger charge is -2.00. The third-order valence-electron chi connectivity index (χ3n) is 1.83. The molecule has 0 N–H and O–H groups in total. The minimum atomic E-state index is -0.451. The van der Waals surface area contributed by atoms with Crippen LogP contribution in [-0.4, -0.2) is 28.9 Å². The van der Waals surface area contributed by atoms with Gasteiger partial charge in [0.2, 0.25) is 5.12 Å². The van der Waals surface area contributed by atoms with Gasteiger partial charge in [0.1, 0.15) is 5.69 Å². The van der Waals surface area contributed by atoms with E-state index in [2.05, 4.69) is 9.72 Å². The number of hydrogen-bond donors (Lipinski definition) is 0. The van der Waals surface area contributed by atoms with Gasteiger partial charge >= 0.3 is 5.97 Å². The van der Waals surface area contributed by atoms with Crippen LogP contribution in [-0.2, 0) is 4.74 Å². The van der Waals surface area contributed by atoms with Crippen LogP contribution in [0.25, 0.3) is 0 Å². The first-order valence-corrected chi connectivity index (χ1v) is 5.89. The first-order chi connectivity index (χ1) is 7.69. The number of thioether (sulfide) groups is 1. The summed E-state index contributed by atoms with van der Waals surface area (Å²) < 4.78 is 4.53. The van der Waals surface area contributed by atoms with Gasteiger partial charge in [0.05, 0.1) is 12.7 Å². The molecule has 0 spiro atoms. The maximum atomic E-state index is 11.5. The van der Waals surface area contributed by atoms with Crippen LogP contribution in [0.4, 0.5) is 0 Å². The zero-order chi connectivity index (χ0) is 12.0. The summed E-state index contributed by atoms with van der Waals surface area (Å²) in [7, 11) is 1.30. The fourth-order valence-electron chi connectivity index (χ4n) is 1.02. The van der Waals surface area contributed by atoms with Crippen LogP contribution in [0.15, 0.2) is 18.3 Å². The van der Waals surface area contributed by atoms with E-state index in [0.717, 1.165) is 12.2 Å². The molecule has 0 fully saturated rings. The quantitative estimate of drug-likeness (QED) is 0.753. The Morgan fingerprint density at radius 1 is 1.44 bits per heavy atom. The molecule has 1 aromatic heterocycles. The number of carbonyl (C=O) groups is 2. The molecular formula is C11H13NO3S. The molecule has 0 amide bonds. The number of aromatic nitrogens is 1. The van der Waals surface area contributed by atoms with E-state index in [4.69, 9.17) is 0 Å². The second-order valence-electron chi connectivity index (χ2n) is 3.06. The minimum Gasteiger partial charge on any atom is -0.465 e. The number of rotatable bonds is 4. The zero-order valence-electron chi connectivity index (χ0n) is 9.23. The maximum absolute atomic E-state index is 11.5. The van der Waals surface area contributed by atoms with Gasteiger partial charge in [-0.05, 0) is 18.6 Å². The number of hydrogen-bond acceptors (Lipinski definition) is 5. The average Bonchev–Trinajstić information content (AvgIpc) is 2.35. The first kappa shape index (κ1) is 12.7. The summed E-state index contributed by atoms with van der Waals surface area (Å²) in [5, 5.41) is -0.0711. The first-order valence-electron chi connectivity index (χ1n) is 4.90. The Hall–Kier alpha value is -1.36. The highest BCUT2D eigenvalue weighted by atomic mass is 32.2. The number of nitrogens with zero attached hydrogens (tertiary/aromatic N) is 1. The van der Waals surface area contributed by atoms with E-state index < -0.39 is 5.97 Å². The highest BCUT2D eigenvalue weighted by molar-refractivity contribution is 8.14. The zero-order valence-corrected chi connectivity index (χ0v) is 10.0. The molecule has 0 aromatic carbocycles. The highest BCUT2D eigenvalue weighted by Gasteiger charge is 2.10. The second-order valence-corrected chi connectivity index (χ2v) is 4.13. The molecule has 0 saturated heterocycles. The van der Waals surface area contributed by atoms with Crippen molar-refractivity contribution >= 4 is 22.8 Å². The van der Waals surface area contributed by atoms with Gasteiger partial charge in [0.25, 0.3) is 0 Å². The van der Waals surface area contributed by atoms with Gasteiger partial charge in [-0.3, -0.25) is 9.78 Å². The predicted molar refractivity (Wildman–Crippen MR) is 62.7 cm³/mol. The summed E-state index contributed by atoms with van der Waals surface area (Å²) in [6, 6.07) is 3.08. The van der Waals surface area contributed by atoms with Gasteiger partial charge in [-0.25, -0.2) is 4.79 Å². The van der Waals surface area contributed by atoms with Gasteiger partial charge in [0, 0.05) is 11.9 Å². The van der Waals surface area contributed by atoms with Crippen LogP contribution in [0.5, 0.6) is 0 Å². The monoisotopic (exact) mass is 239 g/mol. The molecule has 4 nitrogen and oxygen atoms in total. The van der Waals surface area contributed by atoms with Crippen LogP contribution >= 0.6 is 11.8 Å². The van der Waals surface area contributed by atoms with E-state index in [1.807, 2.05) is 6.92 Å². The Labute approximate surface area is 98.4 Å². The Morgan fingerprint density at radius 2 is 2.19 bits per heavy atom. The van der Waals surface area contributed by atoms with Crippen molar-refractivity contribution in [1.82, 2.24) is 4.98 Å². The fraction of sp³-hybridized carbons (Fsp3) is 0.364. The van der Waals surface area contributed by atoms with E-state index in [1.165, 1.54) is 31.1 Å². The molecule has 1 heterocycles. The summed E-state index contributed by atoms with van der Waals surface area (Å²) >= 11 is 1.23. The topological polar surface area (TPSA) is 56.3 Å². The smallest absolute Gasteiger partial charge is 0.339 e. The van der Waals surface area contributed by atoms with Crippen molar-refractivity contribution in [1.29, 1.82) is 0 Å². The fourth-order valence-corrected chi connectivity index (χ4v) is 1.68. The summed E-state index contributed by atoms with van der Waals surface area (Å²) in [6.07, 6.45) is 2.29. The van der Waals surface area contributed by atoms with Crippen LogP contribution in [0.2, 0.25) is 0 Å². The lowest BCUT2D eigenvalue weighted by Crippen LogP contribution is -2.04. The molecule has 86 valence electrons. The van der Waals surface area contributed by atoms with Gasteiger partial charge in [-0.1, -0.05) is 18.7 Å². The van der Waals surface area contributed by atoms with Crippen molar-refractivity contribution in [3.05, 3.63) is 29.6 Å². The molecule has 0 saturated carbocycles. The number of methoxy groups -OCH3 is 1. The summed E-state index contributed by atoms with van der Waals surface area (Å²) in [4.78, 5) is 26.6. The third kappa shape index (κ3) is 3.34. The molecule has 1 aromatic rings. The van der Waals surface area contributed by atoms with Crippen LogP contribution in [0.3, 0.4) is 0 Å². The van der Waals surface area contributed by atoms with Crippen molar-refractivity contribution in [3.8, 4) is 0 Å². The summed E-state index contributed by atoms with van der Waals surface area (Å²) in [5.41, 5.74) is 0.714. The number of pyridine rings is 1. The van der Waals surface area contributed by atoms with E-state index in [1.54, 1.807) is 6.07 Å². The Morgan fingerprint density at radius 3 is 2.69 bits per heavy atom. The summed E-state index contributed by atoms with van der Waals surface area (Å²) in [6.45, 7) is 2.01. The van der Waals surface area contributed by atoms with E-state index in [-0.39, 0.29) is 5.12 Å². The van der Waals surface area contributed by atoms with Gasteiger partial charge < -0.3 is 4.74 Å². The van der Waals surface area contributed by atoms with E-state index in [0.29, 0.717) is 11.3 Å². The second kappa shape index (κ2) is 6.27. The van der Waals surface area contributed by atoms with Gasteiger partial charge in [-0.15, -0.1) is 0 Å². The van der Waals surface area contributed by atoms with Crippen molar-refractivity contribution in [2.75, 3.05) is 12.9 Å². The van der Waals surface area contributed by atoms with Crippen molar-refractivity contribution < 1.29 is 14.3 Å². The molecule has 0 aliphatic rings. The van der Waals surface area contributed by atoms with Crippen molar-refractivity contribution in [2.45, 2.75) is 13.3 Å².